The molecular formula is C19H12Cl4O5S. The van der Waals surface area contributed by atoms with Crippen molar-refractivity contribution in [2.75, 3.05) is 0 Å². The van der Waals surface area contributed by atoms with Crippen molar-refractivity contribution in [3.63, 3.8) is 0 Å². The van der Waals surface area contributed by atoms with Gasteiger partial charge in [0.2, 0.25) is 0 Å². The average Bonchev–Trinajstić information content (AvgIpc) is 2.63. The fraction of sp³-hybridized carbons (Fsp3) is 0.0526. The summed E-state index contributed by atoms with van der Waals surface area (Å²) >= 11 is 24.3. The Morgan fingerprint density at radius 3 is 1.86 bits per heavy atom. The second kappa shape index (κ2) is 7.87. The molecule has 5 nitrogen and oxygen atoms in total. The highest BCUT2D eigenvalue weighted by atomic mass is 35.5. The number of hydrogen-bond acceptors (Lipinski definition) is 4. The number of benzene rings is 3. The van der Waals surface area contributed by atoms with Gasteiger partial charge in [-0.3, -0.25) is 4.55 Å². The van der Waals surface area contributed by atoms with E-state index in [0.717, 1.165) is 12.1 Å². The molecule has 10 heteroatoms. The molecule has 1 unspecified atom stereocenters. The van der Waals surface area contributed by atoms with E-state index in [0.29, 0.717) is 0 Å². The number of hydrogen-bond donors (Lipinski definition) is 3. The van der Waals surface area contributed by atoms with Crippen LogP contribution in [0.2, 0.25) is 20.1 Å². The first kappa shape index (κ1) is 22.0. The summed E-state index contributed by atoms with van der Waals surface area (Å²) < 4.78 is 33.9. The van der Waals surface area contributed by atoms with Gasteiger partial charge >= 0.3 is 0 Å². The van der Waals surface area contributed by atoms with Crippen LogP contribution in [-0.2, 0) is 14.9 Å². The summed E-state index contributed by atoms with van der Waals surface area (Å²) in [5.41, 5.74) is -0.484. The van der Waals surface area contributed by atoms with Crippen LogP contribution in [0, 0.1) is 0 Å². The summed E-state index contributed by atoms with van der Waals surface area (Å²) in [5, 5.41) is 20.4. The molecule has 0 bridgehead atoms. The number of phenols is 2. The number of rotatable bonds is 4. The summed E-state index contributed by atoms with van der Waals surface area (Å²) in [4.78, 5) is 0. The Morgan fingerprint density at radius 2 is 1.34 bits per heavy atom. The number of halogens is 4. The Labute approximate surface area is 186 Å². The van der Waals surface area contributed by atoms with E-state index in [1.165, 1.54) is 36.4 Å². The molecule has 3 aromatic carbocycles. The molecule has 0 aromatic heterocycles. The summed E-state index contributed by atoms with van der Waals surface area (Å²) in [7, 11) is -5.08. The number of aromatic hydroxyl groups is 2. The third kappa shape index (κ3) is 3.65. The van der Waals surface area contributed by atoms with Crippen molar-refractivity contribution in [2.45, 2.75) is 4.75 Å². The predicted molar refractivity (Wildman–Crippen MR) is 114 cm³/mol. The minimum Gasteiger partial charge on any atom is -0.504 e. The Morgan fingerprint density at radius 1 is 0.793 bits per heavy atom. The van der Waals surface area contributed by atoms with Gasteiger partial charge in [0.05, 0.1) is 15.1 Å². The molecule has 0 saturated carbocycles. The fourth-order valence-electron chi connectivity index (χ4n) is 3.20. The quantitative estimate of drug-likeness (QED) is 0.182. The van der Waals surface area contributed by atoms with Crippen LogP contribution in [0.25, 0.3) is 0 Å². The third-order valence-electron chi connectivity index (χ3n) is 4.39. The lowest BCUT2D eigenvalue weighted by molar-refractivity contribution is 0.394. The van der Waals surface area contributed by atoms with E-state index in [2.05, 4.69) is 0 Å². The Hall–Kier alpha value is -1.67. The zero-order valence-corrected chi connectivity index (χ0v) is 18.1. The molecule has 29 heavy (non-hydrogen) atoms. The van der Waals surface area contributed by atoms with Crippen LogP contribution in [0.5, 0.6) is 11.5 Å². The van der Waals surface area contributed by atoms with E-state index in [4.69, 9.17) is 46.4 Å². The second-order valence-electron chi connectivity index (χ2n) is 6.10. The molecule has 0 amide bonds. The average molecular weight is 494 g/mol. The minimum atomic E-state index is -5.08. The van der Waals surface area contributed by atoms with Crippen LogP contribution in [-0.4, -0.2) is 23.2 Å². The van der Waals surface area contributed by atoms with E-state index in [1.807, 2.05) is 0 Å². The maximum atomic E-state index is 12.9. The summed E-state index contributed by atoms with van der Waals surface area (Å²) in [6.07, 6.45) is 0. The molecule has 3 rings (SSSR count). The summed E-state index contributed by atoms with van der Waals surface area (Å²) in [5.74, 6) is -1.47. The van der Waals surface area contributed by atoms with Crippen molar-refractivity contribution >= 4 is 56.5 Å². The van der Waals surface area contributed by atoms with Crippen molar-refractivity contribution in [3.05, 3.63) is 91.4 Å². The molecular weight excluding hydrogens is 482 g/mol. The molecule has 3 N–H and O–H groups in total. The maximum absolute atomic E-state index is 12.9. The first-order valence-electron chi connectivity index (χ1n) is 7.89. The SMILES string of the molecule is O=S(=O)(O)C(c1ccccc1)(c1cc(Cl)c(Cl)c(Cl)c1)c1cc(Cl)cc(O)c1O. The van der Waals surface area contributed by atoms with Crippen molar-refractivity contribution in [2.24, 2.45) is 0 Å². The fourth-order valence-corrected chi connectivity index (χ4v) is 5.29. The largest absolute Gasteiger partial charge is 0.504 e. The molecule has 0 aliphatic carbocycles. The summed E-state index contributed by atoms with van der Waals surface area (Å²) in [6, 6.07) is 12.1. The van der Waals surface area contributed by atoms with Crippen LogP contribution >= 0.6 is 46.4 Å². The first-order valence-corrected chi connectivity index (χ1v) is 10.8. The molecule has 0 saturated heterocycles. The zero-order valence-electron chi connectivity index (χ0n) is 14.3. The molecule has 0 heterocycles. The van der Waals surface area contributed by atoms with Gasteiger partial charge in [0.1, 0.15) is 0 Å². The van der Waals surface area contributed by atoms with Crippen molar-refractivity contribution in [3.8, 4) is 11.5 Å². The molecule has 3 aromatic rings. The van der Waals surface area contributed by atoms with E-state index < -0.39 is 31.9 Å². The monoisotopic (exact) mass is 492 g/mol. The highest BCUT2D eigenvalue weighted by Crippen LogP contribution is 2.51. The third-order valence-corrected chi connectivity index (χ3v) is 7.27. The van der Waals surface area contributed by atoms with Gasteiger partial charge in [-0.05, 0) is 29.3 Å². The van der Waals surface area contributed by atoms with Gasteiger partial charge in [-0.1, -0.05) is 76.7 Å². The second-order valence-corrected chi connectivity index (χ2v) is 9.29. The lowest BCUT2D eigenvalue weighted by Gasteiger charge is -2.33. The van der Waals surface area contributed by atoms with Crippen molar-refractivity contribution < 1.29 is 23.2 Å². The van der Waals surface area contributed by atoms with Crippen LogP contribution < -0.4 is 0 Å². The lowest BCUT2D eigenvalue weighted by atomic mass is 9.83. The van der Waals surface area contributed by atoms with Gasteiger partial charge in [-0.25, -0.2) is 0 Å². The molecule has 152 valence electrons. The van der Waals surface area contributed by atoms with Crippen LogP contribution in [0.15, 0.2) is 54.6 Å². The Kier molecular flexibility index (Phi) is 5.98. The van der Waals surface area contributed by atoms with E-state index >= 15 is 0 Å². The molecule has 0 aliphatic heterocycles. The highest BCUT2D eigenvalue weighted by Gasteiger charge is 2.51. The molecule has 0 fully saturated rings. The van der Waals surface area contributed by atoms with Gasteiger partial charge in [-0.2, -0.15) is 8.42 Å². The number of phenolic OH excluding ortho intramolecular Hbond substituents is 2. The molecule has 0 spiro atoms. The van der Waals surface area contributed by atoms with Crippen LogP contribution in [0.4, 0.5) is 0 Å². The first-order chi connectivity index (χ1) is 13.5. The lowest BCUT2D eigenvalue weighted by Crippen LogP contribution is -2.38. The van der Waals surface area contributed by atoms with Gasteiger partial charge in [0, 0.05) is 16.7 Å². The van der Waals surface area contributed by atoms with Gasteiger partial charge in [0.25, 0.3) is 10.1 Å². The van der Waals surface area contributed by atoms with Crippen LogP contribution in [0.3, 0.4) is 0 Å². The van der Waals surface area contributed by atoms with Crippen LogP contribution in [0.1, 0.15) is 16.7 Å². The maximum Gasteiger partial charge on any atom is 0.283 e. The normalized spacial score (nSPS) is 13.8. The molecule has 0 radical (unpaired) electrons. The standard InChI is InChI=1S/C19H12Cl4O5S/c20-12-8-13(18(25)16(24)9-12)19(29(26,27)28,10-4-2-1-3-5-10)11-6-14(21)17(23)15(22)7-11/h1-9,24-25H,(H,26,27,28). The Bertz CT molecular complexity index is 1180. The molecule has 0 aliphatic rings. The van der Waals surface area contributed by atoms with Gasteiger partial charge in [-0.15, -0.1) is 0 Å². The Balaban J connectivity index is 2.62. The highest BCUT2D eigenvalue weighted by molar-refractivity contribution is 7.87. The van der Waals surface area contributed by atoms with Crippen molar-refractivity contribution in [1.29, 1.82) is 0 Å². The predicted octanol–water partition coefficient (Wildman–Crippen LogP) is 5.89. The van der Waals surface area contributed by atoms with Gasteiger partial charge < -0.3 is 10.2 Å². The van der Waals surface area contributed by atoms with Gasteiger partial charge in [0.15, 0.2) is 16.2 Å². The molecule has 1 atom stereocenters. The van der Waals surface area contributed by atoms with E-state index in [-0.39, 0.29) is 31.2 Å². The smallest absolute Gasteiger partial charge is 0.283 e. The summed E-state index contributed by atoms with van der Waals surface area (Å²) in [6.45, 7) is 0. The zero-order chi connectivity index (χ0) is 21.6. The topological polar surface area (TPSA) is 94.8 Å². The van der Waals surface area contributed by atoms with E-state index in [9.17, 15) is 23.2 Å². The van der Waals surface area contributed by atoms with E-state index in [1.54, 1.807) is 6.07 Å². The van der Waals surface area contributed by atoms with Crippen molar-refractivity contribution in [1.82, 2.24) is 0 Å². The minimum absolute atomic E-state index is 0.0208.